The van der Waals surface area contributed by atoms with Crippen molar-refractivity contribution >= 4 is 29.1 Å². The second-order valence-corrected chi connectivity index (χ2v) is 8.07. The predicted octanol–water partition coefficient (Wildman–Crippen LogP) is 3.50. The molecule has 3 amide bonds. The third-order valence-electron chi connectivity index (χ3n) is 5.34. The highest BCUT2D eigenvalue weighted by atomic mass is 16.2. The molecule has 0 atom stereocenters. The first-order chi connectivity index (χ1) is 14.9. The van der Waals surface area contributed by atoms with Gasteiger partial charge >= 0.3 is 0 Å². The molecule has 3 N–H and O–H groups in total. The first-order valence-corrected chi connectivity index (χ1v) is 10.7. The van der Waals surface area contributed by atoms with Crippen molar-refractivity contribution in [3.05, 3.63) is 59.7 Å². The van der Waals surface area contributed by atoms with Gasteiger partial charge in [-0.3, -0.25) is 14.4 Å². The standard InChI is InChI=1S/C24H30N4O3/c1-28(2)24(31)17-11-13-19(14-12-17)25-16-22(29)26-21-10-6-7-18(15-21)23(30)27-20-8-4-3-5-9-20/h6-7,10-15,20,25H,3-5,8-9,16H2,1-2H3,(H,26,29)(H,27,30). The molecule has 164 valence electrons. The van der Waals surface area contributed by atoms with E-state index < -0.39 is 0 Å². The van der Waals surface area contributed by atoms with Crippen molar-refractivity contribution < 1.29 is 14.4 Å². The summed E-state index contributed by atoms with van der Waals surface area (Å²) in [5.41, 5.74) is 2.45. The highest BCUT2D eigenvalue weighted by molar-refractivity contribution is 5.98. The number of carbonyl (C=O) groups is 3. The molecule has 0 unspecified atom stereocenters. The highest BCUT2D eigenvalue weighted by Crippen LogP contribution is 2.18. The van der Waals surface area contributed by atoms with Gasteiger partial charge in [0, 0.05) is 42.6 Å². The number of hydrogen-bond donors (Lipinski definition) is 3. The Balaban J connectivity index is 1.50. The lowest BCUT2D eigenvalue weighted by atomic mass is 9.95. The normalized spacial score (nSPS) is 13.9. The maximum absolute atomic E-state index is 12.5. The average Bonchev–Trinajstić information content (AvgIpc) is 2.78. The number of hydrogen-bond acceptors (Lipinski definition) is 4. The van der Waals surface area contributed by atoms with Crippen LogP contribution in [0.3, 0.4) is 0 Å². The summed E-state index contributed by atoms with van der Waals surface area (Å²) < 4.78 is 0. The molecule has 0 radical (unpaired) electrons. The van der Waals surface area contributed by atoms with Crippen molar-refractivity contribution in [3.8, 4) is 0 Å². The van der Waals surface area contributed by atoms with Gasteiger partial charge in [-0.05, 0) is 55.3 Å². The molecule has 1 aliphatic rings. The quantitative estimate of drug-likeness (QED) is 0.637. The fraction of sp³-hybridized carbons (Fsp3) is 0.375. The average molecular weight is 423 g/mol. The Kier molecular flexibility index (Phi) is 7.65. The Morgan fingerprint density at radius 3 is 2.29 bits per heavy atom. The van der Waals surface area contributed by atoms with Crippen LogP contribution >= 0.6 is 0 Å². The minimum atomic E-state index is -0.224. The van der Waals surface area contributed by atoms with E-state index in [0.29, 0.717) is 16.8 Å². The van der Waals surface area contributed by atoms with E-state index in [1.807, 2.05) is 0 Å². The van der Waals surface area contributed by atoms with Crippen LogP contribution in [0.1, 0.15) is 52.8 Å². The van der Waals surface area contributed by atoms with Crippen LogP contribution in [0.25, 0.3) is 0 Å². The van der Waals surface area contributed by atoms with E-state index in [1.165, 1.54) is 11.3 Å². The summed E-state index contributed by atoms with van der Waals surface area (Å²) in [5.74, 6) is -0.400. The van der Waals surface area contributed by atoms with Gasteiger partial charge in [-0.2, -0.15) is 0 Å². The number of anilines is 2. The molecule has 1 saturated carbocycles. The Morgan fingerprint density at radius 2 is 1.61 bits per heavy atom. The fourth-order valence-electron chi connectivity index (χ4n) is 3.63. The molecule has 0 aromatic heterocycles. The van der Waals surface area contributed by atoms with Gasteiger partial charge in [-0.15, -0.1) is 0 Å². The van der Waals surface area contributed by atoms with Gasteiger partial charge in [0.25, 0.3) is 11.8 Å². The van der Waals surface area contributed by atoms with E-state index in [0.717, 1.165) is 31.4 Å². The third kappa shape index (κ3) is 6.57. The van der Waals surface area contributed by atoms with Crippen LogP contribution in [-0.2, 0) is 4.79 Å². The molecule has 7 nitrogen and oxygen atoms in total. The van der Waals surface area contributed by atoms with E-state index in [1.54, 1.807) is 62.6 Å². The molecule has 7 heteroatoms. The summed E-state index contributed by atoms with van der Waals surface area (Å²) in [6.07, 6.45) is 5.60. The Labute approximate surface area is 183 Å². The largest absolute Gasteiger partial charge is 0.376 e. The first-order valence-electron chi connectivity index (χ1n) is 10.7. The molecule has 0 aliphatic heterocycles. The summed E-state index contributed by atoms with van der Waals surface area (Å²) in [4.78, 5) is 38.3. The van der Waals surface area contributed by atoms with Gasteiger partial charge in [0.15, 0.2) is 0 Å². The summed E-state index contributed by atoms with van der Waals surface area (Å²) in [6.45, 7) is 0.0689. The Morgan fingerprint density at radius 1 is 0.903 bits per heavy atom. The lowest BCUT2D eigenvalue weighted by Crippen LogP contribution is -2.36. The predicted molar refractivity (Wildman–Crippen MR) is 122 cm³/mol. The zero-order valence-electron chi connectivity index (χ0n) is 18.1. The highest BCUT2D eigenvalue weighted by Gasteiger charge is 2.17. The molecule has 2 aromatic carbocycles. The van der Waals surface area contributed by atoms with Crippen molar-refractivity contribution in [1.29, 1.82) is 0 Å². The van der Waals surface area contributed by atoms with Crippen molar-refractivity contribution in [1.82, 2.24) is 10.2 Å². The summed E-state index contributed by atoms with van der Waals surface area (Å²) in [6, 6.07) is 14.2. The number of nitrogens with one attached hydrogen (secondary N) is 3. The summed E-state index contributed by atoms with van der Waals surface area (Å²) in [5, 5.41) is 8.94. The molecule has 31 heavy (non-hydrogen) atoms. The topological polar surface area (TPSA) is 90.5 Å². The molecule has 1 aliphatic carbocycles. The molecule has 1 fully saturated rings. The van der Waals surface area contributed by atoms with Crippen LogP contribution in [0.5, 0.6) is 0 Å². The number of benzene rings is 2. The Hall–Kier alpha value is -3.35. The number of nitrogens with zero attached hydrogens (tertiary/aromatic N) is 1. The van der Waals surface area contributed by atoms with Crippen molar-refractivity contribution in [2.75, 3.05) is 31.3 Å². The van der Waals surface area contributed by atoms with Gasteiger partial charge < -0.3 is 20.9 Å². The molecular formula is C24H30N4O3. The number of amides is 3. The second-order valence-electron chi connectivity index (χ2n) is 8.07. The molecule has 0 spiro atoms. The summed E-state index contributed by atoms with van der Waals surface area (Å²) in [7, 11) is 3.40. The molecule has 0 heterocycles. The SMILES string of the molecule is CN(C)C(=O)c1ccc(NCC(=O)Nc2cccc(C(=O)NC3CCCCC3)c2)cc1. The minimum absolute atomic E-state index is 0.0689. The van der Waals surface area contributed by atoms with Gasteiger partial charge in [0.2, 0.25) is 5.91 Å². The van der Waals surface area contributed by atoms with E-state index in [2.05, 4.69) is 16.0 Å². The van der Waals surface area contributed by atoms with E-state index in [4.69, 9.17) is 0 Å². The van der Waals surface area contributed by atoms with Crippen molar-refractivity contribution in [2.45, 2.75) is 38.1 Å². The zero-order chi connectivity index (χ0) is 22.2. The number of carbonyl (C=O) groups excluding carboxylic acids is 3. The maximum Gasteiger partial charge on any atom is 0.253 e. The van der Waals surface area contributed by atoms with Gasteiger partial charge in [0.05, 0.1) is 6.54 Å². The minimum Gasteiger partial charge on any atom is -0.376 e. The van der Waals surface area contributed by atoms with Crippen LogP contribution in [0.15, 0.2) is 48.5 Å². The fourth-order valence-corrected chi connectivity index (χ4v) is 3.63. The van der Waals surface area contributed by atoms with Crippen molar-refractivity contribution in [2.24, 2.45) is 0 Å². The summed E-state index contributed by atoms with van der Waals surface area (Å²) >= 11 is 0. The van der Waals surface area contributed by atoms with Gasteiger partial charge in [-0.25, -0.2) is 0 Å². The van der Waals surface area contributed by atoms with Crippen LogP contribution in [0.2, 0.25) is 0 Å². The molecule has 3 rings (SSSR count). The maximum atomic E-state index is 12.5. The number of rotatable bonds is 7. The lowest BCUT2D eigenvalue weighted by molar-refractivity contribution is -0.114. The monoisotopic (exact) mass is 422 g/mol. The van der Waals surface area contributed by atoms with Crippen LogP contribution < -0.4 is 16.0 Å². The molecular weight excluding hydrogens is 392 g/mol. The van der Waals surface area contributed by atoms with E-state index in [9.17, 15) is 14.4 Å². The third-order valence-corrected chi connectivity index (χ3v) is 5.34. The van der Waals surface area contributed by atoms with E-state index >= 15 is 0 Å². The Bertz CT molecular complexity index is 919. The van der Waals surface area contributed by atoms with Crippen LogP contribution in [-0.4, -0.2) is 49.3 Å². The van der Waals surface area contributed by atoms with Gasteiger partial charge in [-0.1, -0.05) is 25.3 Å². The van der Waals surface area contributed by atoms with Crippen LogP contribution in [0.4, 0.5) is 11.4 Å². The lowest BCUT2D eigenvalue weighted by Gasteiger charge is -2.22. The molecule has 2 aromatic rings. The molecule has 0 bridgehead atoms. The van der Waals surface area contributed by atoms with Gasteiger partial charge in [0.1, 0.15) is 0 Å². The smallest absolute Gasteiger partial charge is 0.253 e. The van der Waals surface area contributed by atoms with Crippen LogP contribution in [0, 0.1) is 0 Å². The first kappa shape index (κ1) is 22.3. The molecule has 0 saturated heterocycles. The van der Waals surface area contributed by atoms with Crippen molar-refractivity contribution in [3.63, 3.8) is 0 Å². The van der Waals surface area contributed by atoms with E-state index in [-0.39, 0.29) is 30.3 Å². The second kappa shape index (κ2) is 10.6. The zero-order valence-corrected chi connectivity index (χ0v) is 18.1.